The summed E-state index contributed by atoms with van der Waals surface area (Å²) in [6, 6.07) is 14.6. The zero-order chi connectivity index (χ0) is 18.4. The van der Waals surface area contributed by atoms with Crippen LogP contribution in [0, 0.1) is 0 Å². The van der Waals surface area contributed by atoms with Gasteiger partial charge in [0, 0.05) is 37.1 Å². The normalized spacial score (nSPS) is 17.7. The first-order chi connectivity index (χ1) is 12.6. The summed E-state index contributed by atoms with van der Waals surface area (Å²) in [5.41, 5.74) is 3.27. The summed E-state index contributed by atoms with van der Waals surface area (Å²) in [5.74, 6) is 0.593. The molecule has 1 aromatic heterocycles. The standard InChI is InChI=1S/C22H27N3O/c1-17(2)18-8-10-20(11-9-18)24-21-7-5-15-25(16-21)22(26)13-12-19-6-3-4-14-23-19/h3-4,6,8-14,17,21,24H,5,7,15-16H2,1-2H3/b13-12+. The maximum Gasteiger partial charge on any atom is 0.246 e. The third kappa shape index (κ3) is 4.94. The third-order valence-corrected chi connectivity index (χ3v) is 4.77. The number of benzene rings is 1. The van der Waals surface area contributed by atoms with Crippen LogP contribution in [0.1, 0.15) is 43.9 Å². The highest BCUT2D eigenvalue weighted by Crippen LogP contribution is 2.20. The van der Waals surface area contributed by atoms with Crippen molar-refractivity contribution in [1.29, 1.82) is 0 Å². The van der Waals surface area contributed by atoms with Crippen molar-refractivity contribution >= 4 is 17.7 Å². The predicted octanol–water partition coefficient (Wildman–Crippen LogP) is 4.32. The van der Waals surface area contributed by atoms with Crippen LogP contribution >= 0.6 is 0 Å². The van der Waals surface area contributed by atoms with Gasteiger partial charge in [0.1, 0.15) is 0 Å². The van der Waals surface area contributed by atoms with Gasteiger partial charge in [0.05, 0.1) is 5.69 Å². The van der Waals surface area contributed by atoms with Crippen molar-refractivity contribution in [3.05, 3.63) is 66.0 Å². The largest absolute Gasteiger partial charge is 0.381 e. The van der Waals surface area contributed by atoms with Crippen molar-refractivity contribution in [1.82, 2.24) is 9.88 Å². The van der Waals surface area contributed by atoms with E-state index in [9.17, 15) is 4.79 Å². The van der Waals surface area contributed by atoms with Gasteiger partial charge in [-0.15, -0.1) is 0 Å². The van der Waals surface area contributed by atoms with Crippen molar-refractivity contribution in [2.75, 3.05) is 18.4 Å². The second-order valence-corrected chi connectivity index (χ2v) is 7.13. The first kappa shape index (κ1) is 18.2. The molecule has 1 saturated heterocycles. The lowest BCUT2D eigenvalue weighted by Gasteiger charge is -2.33. The smallest absolute Gasteiger partial charge is 0.246 e. The monoisotopic (exact) mass is 349 g/mol. The molecular formula is C22H27N3O. The second-order valence-electron chi connectivity index (χ2n) is 7.13. The van der Waals surface area contributed by atoms with Crippen LogP contribution in [0.15, 0.2) is 54.7 Å². The molecule has 1 aromatic carbocycles. The maximum absolute atomic E-state index is 12.5. The first-order valence-corrected chi connectivity index (χ1v) is 9.36. The number of rotatable bonds is 5. The first-order valence-electron chi connectivity index (χ1n) is 9.36. The van der Waals surface area contributed by atoms with E-state index in [0.717, 1.165) is 37.3 Å². The number of hydrogen-bond donors (Lipinski definition) is 1. The van der Waals surface area contributed by atoms with Gasteiger partial charge in [-0.3, -0.25) is 9.78 Å². The molecule has 1 aliphatic rings. The van der Waals surface area contributed by atoms with Gasteiger partial charge < -0.3 is 10.2 Å². The summed E-state index contributed by atoms with van der Waals surface area (Å²) in [6.07, 6.45) is 7.24. The number of hydrogen-bond acceptors (Lipinski definition) is 3. The van der Waals surface area contributed by atoms with Gasteiger partial charge in [0.15, 0.2) is 0 Å². The van der Waals surface area contributed by atoms with E-state index in [0.29, 0.717) is 12.0 Å². The Morgan fingerprint density at radius 3 is 2.73 bits per heavy atom. The molecule has 1 aliphatic heterocycles. The number of amides is 1. The molecule has 1 N–H and O–H groups in total. The predicted molar refractivity (Wildman–Crippen MR) is 107 cm³/mol. The van der Waals surface area contributed by atoms with Crippen molar-refractivity contribution in [3.63, 3.8) is 0 Å². The molecule has 4 heteroatoms. The van der Waals surface area contributed by atoms with Gasteiger partial charge in [-0.05, 0) is 54.7 Å². The third-order valence-electron chi connectivity index (χ3n) is 4.77. The Kier molecular flexibility index (Phi) is 6.05. The molecule has 1 atom stereocenters. The van der Waals surface area contributed by atoms with Crippen LogP contribution in [0.4, 0.5) is 5.69 Å². The number of pyridine rings is 1. The Morgan fingerprint density at radius 1 is 1.23 bits per heavy atom. The molecule has 0 aliphatic carbocycles. The summed E-state index contributed by atoms with van der Waals surface area (Å²) < 4.78 is 0. The minimum Gasteiger partial charge on any atom is -0.381 e. The number of aromatic nitrogens is 1. The summed E-state index contributed by atoms with van der Waals surface area (Å²) in [4.78, 5) is 18.6. The summed E-state index contributed by atoms with van der Waals surface area (Å²) in [5, 5.41) is 3.58. The second kappa shape index (κ2) is 8.65. The van der Waals surface area contributed by atoms with E-state index in [4.69, 9.17) is 0 Å². The molecule has 2 heterocycles. The Bertz CT molecular complexity index is 738. The topological polar surface area (TPSA) is 45.2 Å². The van der Waals surface area contributed by atoms with Crippen LogP contribution in [0.2, 0.25) is 0 Å². The fraction of sp³-hybridized carbons (Fsp3) is 0.364. The van der Waals surface area contributed by atoms with E-state index in [-0.39, 0.29) is 5.91 Å². The van der Waals surface area contributed by atoms with Crippen molar-refractivity contribution in [3.8, 4) is 0 Å². The zero-order valence-corrected chi connectivity index (χ0v) is 15.6. The van der Waals surface area contributed by atoms with Crippen molar-refractivity contribution in [2.45, 2.75) is 38.6 Å². The van der Waals surface area contributed by atoms with Crippen molar-refractivity contribution in [2.24, 2.45) is 0 Å². The highest BCUT2D eigenvalue weighted by atomic mass is 16.2. The summed E-state index contributed by atoms with van der Waals surface area (Å²) in [6.45, 7) is 5.95. The molecule has 136 valence electrons. The number of anilines is 1. The average molecular weight is 349 g/mol. The number of nitrogens with one attached hydrogen (secondary N) is 1. The van der Waals surface area contributed by atoms with Crippen molar-refractivity contribution < 1.29 is 4.79 Å². The molecule has 1 amide bonds. The molecular weight excluding hydrogens is 322 g/mol. The Balaban J connectivity index is 1.56. The van der Waals surface area contributed by atoms with E-state index in [1.165, 1.54) is 5.56 Å². The molecule has 0 radical (unpaired) electrons. The lowest BCUT2D eigenvalue weighted by atomic mass is 10.0. The molecule has 0 bridgehead atoms. The Morgan fingerprint density at radius 2 is 2.04 bits per heavy atom. The molecule has 2 aromatic rings. The molecule has 3 rings (SSSR count). The maximum atomic E-state index is 12.5. The van der Waals surface area contributed by atoms with Gasteiger partial charge in [0.2, 0.25) is 5.91 Å². The highest BCUT2D eigenvalue weighted by Gasteiger charge is 2.22. The van der Waals surface area contributed by atoms with E-state index >= 15 is 0 Å². The molecule has 1 fully saturated rings. The van der Waals surface area contributed by atoms with Crippen LogP contribution in [-0.2, 0) is 4.79 Å². The van der Waals surface area contributed by atoms with Crippen LogP contribution in [0.3, 0.4) is 0 Å². The van der Waals surface area contributed by atoms with Gasteiger partial charge in [-0.1, -0.05) is 32.0 Å². The van der Waals surface area contributed by atoms with Gasteiger partial charge in [-0.2, -0.15) is 0 Å². The lowest BCUT2D eigenvalue weighted by Crippen LogP contribution is -2.44. The molecule has 26 heavy (non-hydrogen) atoms. The molecule has 4 nitrogen and oxygen atoms in total. The summed E-state index contributed by atoms with van der Waals surface area (Å²) in [7, 11) is 0. The van der Waals surface area contributed by atoms with E-state index < -0.39 is 0 Å². The minimum absolute atomic E-state index is 0.0531. The average Bonchev–Trinajstić information content (AvgIpc) is 2.67. The van der Waals surface area contributed by atoms with E-state index in [2.05, 4.69) is 48.4 Å². The number of piperidine rings is 1. The van der Waals surface area contributed by atoms with Crippen LogP contribution in [0.5, 0.6) is 0 Å². The zero-order valence-electron chi connectivity index (χ0n) is 15.6. The fourth-order valence-corrected chi connectivity index (χ4v) is 3.23. The number of carbonyl (C=O) groups excluding carboxylic acids is 1. The van der Waals surface area contributed by atoms with Crippen LogP contribution in [0.25, 0.3) is 6.08 Å². The van der Waals surface area contributed by atoms with Crippen LogP contribution < -0.4 is 5.32 Å². The molecule has 0 saturated carbocycles. The van der Waals surface area contributed by atoms with Crippen LogP contribution in [-0.4, -0.2) is 34.9 Å². The molecule has 1 unspecified atom stereocenters. The number of carbonyl (C=O) groups is 1. The summed E-state index contributed by atoms with van der Waals surface area (Å²) >= 11 is 0. The number of likely N-dealkylation sites (tertiary alicyclic amines) is 1. The SMILES string of the molecule is CC(C)c1ccc(NC2CCCN(C(=O)/C=C/c3ccccn3)C2)cc1. The highest BCUT2D eigenvalue weighted by molar-refractivity contribution is 5.91. The Hall–Kier alpha value is -2.62. The Labute approximate surface area is 155 Å². The number of nitrogens with zero attached hydrogens (tertiary/aromatic N) is 2. The lowest BCUT2D eigenvalue weighted by molar-refractivity contribution is -0.126. The quantitative estimate of drug-likeness (QED) is 0.818. The van der Waals surface area contributed by atoms with Gasteiger partial charge in [-0.25, -0.2) is 0 Å². The molecule has 0 spiro atoms. The minimum atomic E-state index is 0.0531. The van der Waals surface area contributed by atoms with Gasteiger partial charge in [0.25, 0.3) is 0 Å². The van der Waals surface area contributed by atoms with E-state index in [1.807, 2.05) is 23.1 Å². The fourth-order valence-electron chi connectivity index (χ4n) is 3.23. The van der Waals surface area contributed by atoms with E-state index in [1.54, 1.807) is 18.3 Å². The van der Waals surface area contributed by atoms with Gasteiger partial charge >= 0.3 is 0 Å².